The summed E-state index contributed by atoms with van der Waals surface area (Å²) >= 11 is 0. The van der Waals surface area contributed by atoms with E-state index in [-0.39, 0.29) is 0 Å². The van der Waals surface area contributed by atoms with Gasteiger partial charge in [-0.15, -0.1) is 0 Å². The minimum atomic E-state index is 0.495. The van der Waals surface area contributed by atoms with E-state index in [0.717, 1.165) is 6.54 Å². The standard InChI is InChI=1S/C11H19N3/c1-9(2)14(4)11-8-13-6-5-10(11)7-12-3/h5-6,8-9,12H,7H2,1-4H3. The third-order valence-corrected chi connectivity index (χ3v) is 2.41. The predicted octanol–water partition coefficient (Wildman–Crippen LogP) is 1.65. The van der Waals surface area contributed by atoms with E-state index < -0.39 is 0 Å². The zero-order chi connectivity index (χ0) is 10.6. The highest BCUT2D eigenvalue weighted by Crippen LogP contribution is 2.19. The molecule has 1 rings (SSSR count). The van der Waals surface area contributed by atoms with Gasteiger partial charge in [0.15, 0.2) is 0 Å². The molecule has 0 aromatic carbocycles. The second-order valence-corrected chi connectivity index (χ2v) is 3.74. The van der Waals surface area contributed by atoms with E-state index in [9.17, 15) is 0 Å². The first-order valence-corrected chi connectivity index (χ1v) is 4.97. The fourth-order valence-corrected chi connectivity index (χ4v) is 1.35. The van der Waals surface area contributed by atoms with E-state index in [4.69, 9.17) is 0 Å². The topological polar surface area (TPSA) is 28.2 Å². The van der Waals surface area contributed by atoms with Crippen LogP contribution in [0.1, 0.15) is 19.4 Å². The van der Waals surface area contributed by atoms with Crippen LogP contribution >= 0.6 is 0 Å². The van der Waals surface area contributed by atoms with Crippen molar-refractivity contribution in [3.05, 3.63) is 24.0 Å². The van der Waals surface area contributed by atoms with Gasteiger partial charge in [0.05, 0.1) is 11.9 Å². The van der Waals surface area contributed by atoms with Crippen molar-refractivity contribution in [1.29, 1.82) is 0 Å². The highest BCUT2D eigenvalue weighted by atomic mass is 15.1. The molecule has 0 unspecified atom stereocenters. The maximum Gasteiger partial charge on any atom is 0.0598 e. The van der Waals surface area contributed by atoms with Crippen LogP contribution in [-0.4, -0.2) is 25.1 Å². The summed E-state index contributed by atoms with van der Waals surface area (Å²) in [5.74, 6) is 0. The summed E-state index contributed by atoms with van der Waals surface area (Å²) in [6.07, 6.45) is 3.76. The van der Waals surface area contributed by atoms with E-state index in [1.54, 1.807) is 0 Å². The van der Waals surface area contributed by atoms with Crippen LogP contribution in [0.25, 0.3) is 0 Å². The summed E-state index contributed by atoms with van der Waals surface area (Å²) in [6, 6.07) is 2.56. The first-order chi connectivity index (χ1) is 6.66. The van der Waals surface area contributed by atoms with Crippen LogP contribution in [-0.2, 0) is 6.54 Å². The van der Waals surface area contributed by atoms with Gasteiger partial charge in [-0.05, 0) is 32.5 Å². The Bertz CT molecular complexity index is 284. The van der Waals surface area contributed by atoms with Crippen molar-refractivity contribution in [3.8, 4) is 0 Å². The molecular weight excluding hydrogens is 174 g/mol. The van der Waals surface area contributed by atoms with Crippen LogP contribution < -0.4 is 10.2 Å². The molecule has 0 saturated heterocycles. The third kappa shape index (κ3) is 2.45. The molecule has 0 radical (unpaired) electrons. The van der Waals surface area contributed by atoms with Gasteiger partial charge >= 0.3 is 0 Å². The lowest BCUT2D eigenvalue weighted by molar-refractivity contribution is 0.737. The average molecular weight is 193 g/mol. The highest BCUT2D eigenvalue weighted by molar-refractivity contribution is 5.51. The van der Waals surface area contributed by atoms with E-state index in [0.29, 0.717) is 6.04 Å². The van der Waals surface area contributed by atoms with E-state index in [2.05, 4.69) is 42.2 Å². The zero-order valence-corrected chi connectivity index (χ0v) is 9.41. The second-order valence-electron chi connectivity index (χ2n) is 3.74. The van der Waals surface area contributed by atoms with Crippen LogP contribution in [0, 0.1) is 0 Å². The predicted molar refractivity (Wildman–Crippen MR) is 60.5 cm³/mol. The molecule has 0 aliphatic carbocycles. The molecule has 0 bridgehead atoms. The minimum absolute atomic E-state index is 0.495. The van der Waals surface area contributed by atoms with Crippen molar-refractivity contribution in [1.82, 2.24) is 10.3 Å². The SMILES string of the molecule is CNCc1ccncc1N(C)C(C)C. The molecule has 1 heterocycles. The maximum absolute atomic E-state index is 4.16. The number of anilines is 1. The minimum Gasteiger partial charge on any atom is -0.371 e. The Morgan fingerprint density at radius 2 is 2.21 bits per heavy atom. The molecule has 0 aliphatic rings. The molecule has 1 N–H and O–H groups in total. The molecule has 3 heteroatoms. The fraction of sp³-hybridized carbons (Fsp3) is 0.545. The van der Waals surface area contributed by atoms with Crippen LogP contribution in [0.15, 0.2) is 18.5 Å². The zero-order valence-electron chi connectivity index (χ0n) is 9.41. The Kier molecular flexibility index (Phi) is 3.89. The van der Waals surface area contributed by atoms with Gasteiger partial charge in [-0.2, -0.15) is 0 Å². The molecule has 14 heavy (non-hydrogen) atoms. The molecule has 0 atom stereocenters. The summed E-state index contributed by atoms with van der Waals surface area (Å²) in [5.41, 5.74) is 2.50. The van der Waals surface area contributed by atoms with Crippen LogP contribution in [0.4, 0.5) is 5.69 Å². The maximum atomic E-state index is 4.16. The summed E-state index contributed by atoms with van der Waals surface area (Å²) in [5, 5.41) is 3.16. The van der Waals surface area contributed by atoms with Crippen LogP contribution in [0.2, 0.25) is 0 Å². The number of nitrogens with one attached hydrogen (secondary N) is 1. The van der Waals surface area contributed by atoms with Crippen molar-refractivity contribution in [3.63, 3.8) is 0 Å². The quantitative estimate of drug-likeness (QED) is 0.788. The van der Waals surface area contributed by atoms with Crippen molar-refractivity contribution >= 4 is 5.69 Å². The van der Waals surface area contributed by atoms with Gasteiger partial charge < -0.3 is 10.2 Å². The van der Waals surface area contributed by atoms with Gasteiger partial charge in [0.1, 0.15) is 0 Å². The lowest BCUT2D eigenvalue weighted by Gasteiger charge is -2.25. The number of aromatic nitrogens is 1. The Morgan fingerprint density at radius 1 is 1.50 bits per heavy atom. The van der Waals surface area contributed by atoms with Crippen molar-refractivity contribution in [2.45, 2.75) is 26.4 Å². The normalized spacial score (nSPS) is 10.6. The summed E-state index contributed by atoms with van der Waals surface area (Å²) in [7, 11) is 4.06. The number of hydrogen-bond acceptors (Lipinski definition) is 3. The molecule has 0 aliphatic heterocycles. The number of hydrogen-bond donors (Lipinski definition) is 1. The van der Waals surface area contributed by atoms with Gasteiger partial charge in [-0.25, -0.2) is 0 Å². The number of nitrogens with zero attached hydrogens (tertiary/aromatic N) is 2. The summed E-state index contributed by atoms with van der Waals surface area (Å²) in [6.45, 7) is 5.24. The Balaban J connectivity index is 2.94. The molecule has 0 fully saturated rings. The summed E-state index contributed by atoms with van der Waals surface area (Å²) in [4.78, 5) is 6.40. The Hall–Kier alpha value is -1.09. The highest BCUT2D eigenvalue weighted by Gasteiger charge is 2.09. The van der Waals surface area contributed by atoms with Gasteiger partial charge in [0.25, 0.3) is 0 Å². The summed E-state index contributed by atoms with van der Waals surface area (Å²) < 4.78 is 0. The monoisotopic (exact) mass is 193 g/mol. The molecule has 0 spiro atoms. The van der Waals surface area contributed by atoms with Gasteiger partial charge in [0.2, 0.25) is 0 Å². The second kappa shape index (κ2) is 4.96. The molecule has 1 aromatic heterocycles. The molecule has 0 amide bonds. The smallest absolute Gasteiger partial charge is 0.0598 e. The fourth-order valence-electron chi connectivity index (χ4n) is 1.35. The van der Waals surface area contributed by atoms with E-state index >= 15 is 0 Å². The molecule has 0 saturated carbocycles. The van der Waals surface area contributed by atoms with Crippen molar-refractivity contribution < 1.29 is 0 Å². The van der Waals surface area contributed by atoms with Crippen LogP contribution in [0.5, 0.6) is 0 Å². The molecular formula is C11H19N3. The van der Waals surface area contributed by atoms with Crippen LogP contribution in [0.3, 0.4) is 0 Å². The van der Waals surface area contributed by atoms with Gasteiger partial charge in [0, 0.05) is 25.8 Å². The van der Waals surface area contributed by atoms with E-state index in [1.807, 2.05) is 19.4 Å². The molecule has 1 aromatic rings. The van der Waals surface area contributed by atoms with Crippen molar-refractivity contribution in [2.24, 2.45) is 0 Å². The lowest BCUT2D eigenvalue weighted by atomic mass is 10.2. The number of pyridine rings is 1. The molecule has 3 nitrogen and oxygen atoms in total. The largest absolute Gasteiger partial charge is 0.371 e. The molecule has 78 valence electrons. The average Bonchev–Trinajstić information content (AvgIpc) is 2.18. The Morgan fingerprint density at radius 3 is 2.79 bits per heavy atom. The van der Waals surface area contributed by atoms with Crippen molar-refractivity contribution in [2.75, 3.05) is 19.0 Å². The van der Waals surface area contributed by atoms with Gasteiger partial charge in [-0.3, -0.25) is 4.98 Å². The Labute approximate surface area is 86.2 Å². The van der Waals surface area contributed by atoms with E-state index in [1.165, 1.54) is 11.3 Å². The lowest BCUT2D eigenvalue weighted by Crippen LogP contribution is -2.27. The first-order valence-electron chi connectivity index (χ1n) is 4.97. The van der Waals surface area contributed by atoms with Gasteiger partial charge in [-0.1, -0.05) is 0 Å². The first kappa shape index (κ1) is 11.0. The number of rotatable bonds is 4. The third-order valence-electron chi connectivity index (χ3n) is 2.41.